The van der Waals surface area contributed by atoms with Crippen molar-refractivity contribution in [2.75, 3.05) is 16.0 Å². The van der Waals surface area contributed by atoms with Crippen molar-refractivity contribution in [2.24, 2.45) is 4.99 Å². The molecule has 0 aromatic heterocycles. The fraction of sp³-hybridized carbons (Fsp3) is 0.118. The van der Waals surface area contributed by atoms with E-state index in [9.17, 15) is 22.8 Å². The maximum absolute atomic E-state index is 12.9. The Bertz CT molecular complexity index is 916. The van der Waals surface area contributed by atoms with Crippen molar-refractivity contribution in [3.05, 3.63) is 59.1 Å². The van der Waals surface area contributed by atoms with Crippen LogP contribution < -0.4 is 10.2 Å². The molecule has 1 heterocycles. The van der Waals surface area contributed by atoms with Crippen LogP contribution >= 0.6 is 23.4 Å². The number of halogens is 4. The molecule has 0 bridgehead atoms. The van der Waals surface area contributed by atoms with E-state index in [2.05, 4.69) is 10.3 Å². The smallest absolute Gasteiger partial charge is 0.306 e. The number of urea groups is 1. The Hall–Kier alpha value is -2.52. The molecule has 0 unspecified atom stereocenters. The lowest BCUT2D eigenvalue weighted by molar-refractivity contribution is -0.137. The quantitative estimate of drug-likeness (QED) is 0.751. The van der Waals surface area contributed by atoms with Crippen molar-refractivity contribution < 1.29 is 22.8 Å². The van der Waals surface area contributed by atoms with E-state index in [-0.39, 0.29) is 16.6 Å². The Labute approximate surface area is 161 Å². The van der Waals surface area contributed by atoms with Crippen LogP contribution in [0.25, 0.3) is 0 Å². The highest BCUT2D eigenvalue weighted by molar-refractivity contribution is 8.15. The minimum absolute atomic E-state index is 0.00197. The van der Waals surface area contributed by atoms with E-state index in [4.69, 9.17) is 11.6 Å². The zero-order valence-corrected chi connectivity index (χ0v) is 15.0. The molecule has 0 spiro atoms. The lowest BCUT2D eigenvalue weighted by Crippen LogP contribution is -2.30. The third-order valence-corrected chi connectivity index (χ3v) is 4.67. The summed E-state index contributed by atoms with van der Waals surface area (Å²) in [5, 5.41) is 3.00. The second-order valence-electron chi connectivity index (χ2n) is 5.40. The number of anilines is 2. The molecule has 140 valence electrons. The molecule has 2 aromatic rings. The zero-order valence-electron chi connectivity index (χ0n) is 13.5. The van der Waals surface area contributed by atoms with Crippen LogP contribution in [0.1, 0.15) is 5.56 Å². The van der Waals surface area contributed by atoms with Crippen LogP contribution in [0.3, 0.4) is 0 Å². The number of carbonyl (C=O) groups is 2. The normalized spacial score (nSPS) is 16.1. The maximum Gasteiger partial charge on any atom is 0.416 e. The third kappa shape index (κ3) is 4.61. The molecular formula is C17H11ClF3N3O2S. The summed E-state index contributed by atoms with van der Waals surface area (Å²) in [6.07, 6.45) is -4.55. The number of hydrogen-bond donors (Lipinski definition) is 1. The number of rotatable bonds is 2. The van der Waals surface area contributed by atoms with Crippen LogP contribution in [0.5, 0.6) is 0 Å². The number of carbonyl (C=O) groups excluding carboxylic acids is 2. The van der Waals surface area contributed by atoms with E-state index in [1.807, 2.05) is 0 Å². The predicted octanol–water partition coefficient (Wildman–Crippen LogP) is 5.03. The topological polar surface area (TPSA) is 61.8 Å². The molecule has 2 aromatic carbocycles. The molecule has 1 aliphatic rings. The average molecular weight is 414 g/mol. The van der Waals surface area contributed by atoms with Crippen LogP contribution in [0.4, 0.5) is 29.3 Å². The first-order valence-electron chi connectivity index (χ1n) is 7.52. The van der Waals surface area contributed by atoms with Gasteiger partial charge in [-0.05, 0) is 42.5 Å². The Balaban J connectivity index is 1.84. The van der Waals surface area contributed by atoms with Gasteiger partial charge in [0.15, 0.2) is 5.17 Å². The first-order valence-corrected chi connectivity index (χ1v) is 8.88. The van der Waals surface area contributed by atoms with Gasteiger partial charge in [-0.15, -0.1) is 0 Å². The molecule has 3 rings (SSSR count). The molecule has 1 N–H and O–H groups in total. The van der Waals surface area contributed by atoms with Gasteiger partial charge in [-0.25, -0.2) is 4.79 Å². The summed E-state index contributed by atoms with van der Waals surface area (Å²) in [5.74, 6) is -0.485. The first-order chi connectivity index (χ1) is 12.7. The lowest BCUT2D eigenvalue weighted by atomic mass is 10.2. The van der Waals surface area contributed by atoms with Gasteiger partial charge in [0.25, 0.3) is 0 Å². The van der Waals surface area contributed by atoms with Gasteiger partial charge < -0.3 is 5.32 Å². The van der Waals surface area contributed by atoms with E-state index in [0.717, 1.165) is 28.8 Å². The highest BCUT2D eigenvalue weighted by atomic mass is 35.5. The van der Waals surface area contributed by atoms with E-state index in [0.29, 0.717) is 10.7 Å². The molecule has 1 saturated heterocycles. The number of amides is 3. The number of aliphatic imine (C=N–C) groups is 1. The minimum Gasteiger partial charge on any atom is -0.306 e. The van der Waals surface area contributed by atoms with Crippen molar-refractivity contribution in [1.29, 1.82) is 0 Å². The minimum atomic E-state index is -4.55. The van der Waals surface area contributed by atoms with Gasteiger partial charge in [0.05, 0.1) is 17.0 Å². The first kappa shape index (κ1) is 19.2. The molecule has 0 aliphatic carbocycles. The number of nitrogens with zero attached hydrogens (tertiary/aromatic N) is 2. The Morgan fingerprint density at radius 1 is 1.19 bits per heavy atom. The Kier molecular flexibility index (Phi) is 5.43. The second kappa shape index (κ2) is 7.61. The summed E-state index contributed by atoms with van der Waals surface area (Å²) in [5.41, 5.74) is -0.457. The van der Waals surface area contributed by atoms with Gasteiger partial charge >= 0.3 is 12.2 Å². The molecule has 5 nitrogen and oxygen atoms in total. The molecule has 27 heavy (non-hydrogen) atoms. The summed E-state index contributed by atoms with van der Waals surface area (Å²) in [4.78, 5) is 29.0. The van der Waals surface area contributed by atoms with Gasteiger partial charge in [0.1, 0.15) is 0 Å². The molecule has 1 aliphatic heterocycles. The van der Waals surface area contributed by atoms with Crippen molar-refractivity contribution in [2.45, 2.75) is 6.18 Å². The summed E-state index contributed by atoms with van der Waals surface area (Å²) in [6.45, 7) is 0. The lowest BCUT2D eigenvalue weighted by Gasteiger charge is -2.17. The number of hydrogen-bond acceptors (Lipinski definition) is 3. The highest BCUT2D eigenvalue weighted by Crippen LogP contribution is 2.34. The van der Waals surface area contributed by atoms with Gasteiger partial charge in [0, 0.05) is 10.7 Å². The van der Waals surface area contributed by atoms with E-state index >= 15 is 0 Å². The molecule has 1 fully saturated rings. The monoisotopic (exact) mass is 413 g/mol. The van der Waals surface area contributed by atoms with E-state index in [1.165, 1.54) is 12.1 Å². The number of amidine groups is 1. The molecule has 0 atom stereocenters. The Morgan fingerprint density at radius 3 is 2.56 bits per heavy atom. The van der Waals surface area contributed by atoms with Crippen LogP contribution in [0, 0.1) is 0 Å². The largest absolute Gasteiger partial charge is 0.416 e. The van der Waals surface area contributed by atoms with Crippen molar-refractivity contribution in [3.63, 3.8) is 0 Å². The zero-order chi connectivity index (χ0) is 19.6. The number of benzene rings is 2. The maximum atomic E-state index is 12.9. The molecule has 0 radical (unpaired) electrons. The van der Waals surface area contributed by atoms with E-state index in [1.54, 1.807) is 24.3 Å². The van der Waals surface area contributed by atoms with Crippen LogP contribution in [0.2, 0.25) is 5.02 Å². The van der Waals surface area contributed by atoms with Crippen molar-refractivity contribution >= 4 is 51.8 Å². The number of thioether (sulfide) groups is 1. The van der Waals surface area contributed by atoms with Crippen molar-refractivity contribution in [3.8, 4) is 0 Å². The SMILES string of the molecule is O=C(/N=C1/SCC(=O)N1c1cccc(C(F)(F)F)c1)Nc1ccc(Cl)cc1. The fourth-order valence-electron chi connectivity index (χ4n) is 2.29. The molecule has 10 heteroatoms. The number of nitrogens with one attached hydrogen (secondary N) is 1. The Morgan fingerprint density at radius 2 is 1.89 bits per heavy atom. The number of alkyl halides is 3. The van der Waals surface area contributed by atoms with Crippen molar-refractivity contribution in [1.82, 2.24) is 0 Å². The van der Waals surface area contributed by atoms with Gasteiger partial charge in [0.2, 0.25) is 5.91 Å². The van der Waals surface area contributed by atoms with Gasteiger partial charge in [-0.2, -0.15) is 18.2 Å². The molecule has 0 saturated carbocycles. The average Bonchev–Trinajstić information content (AvgIpc) is 2.96. The summed E-state index contributed by atoms with van der Waals surface area (Å²) in [6, 6.07) is 9.82. The third-order valence-electron chi connectivity index (χ3n) is 3.49. The molecular weight excluding hydrogens is 403 g/mol. The predicted molar refractivity (Wildman–Crippen MR) is 99.3 cm³/mol. The van der Waals surface area contributed by atoms with Crippen LogP contribution in [-0.4, -0.2) is 22.9 Å². The van der Waals surface area contributed by atoms with Crippen LogP contribution in [0.15, 0.2) is 53.5 Å². The summed E-state index contributed by atoms with van der Waals surface area (Å²) >= 11 is 6.74. The van der Waals surface area contributed by atoms with E-state index < -0.39 is 23.7 Å². The van der Waals surface area contributed by atoms with Gasteiger partial charge in [-0.3, -0.25) is 9.69 Å². The standard InChI is InChI=1S/C17H11ClF3N3O2S/c18-11-4-6-12(7-5-11)22-15(26)23-16-24(14(25)9-27-16)13-3-1-2-10(8-13)17(19,20)21/h1-8H,9H2,(H,22,26)/b23-16+. The fourth-order valence-corrected chi connectivity index (χ4v) is 3.28. The molecule has 3 amide bonds. The van der Waals surface area contributed by atoms with Crippen LogP contribution in [-0.2, 0) is 11.0 Å². The summed E-state index contributed by atoms with van der Waals surface area (Å²) in [7, 11) is 0. The highest BCUT2D eigenvalue weighted by Gasteiger charge is 2.34. The second-order valence-corrected chi connectivity index (χ2v) is 6.78. The van der Waals surface area contributed by atoms with Gasteiger partial charge in [-0.1, -0.05) is 29.4 Å². The summed E-state index contributed by atoms with van der Waals surface area (Å²) < 4.78 is 38.8.